The van der Waals surface area contributed by atoms with Crippen molar-refractivity contribution in [2.75, 3.05) is 11.9 Å². The fourth-order valence-electron chi connectivity index (χ4n) is 2.25. The first kappa shape index (κ1) is 15.6. The highest BCUT2D eigenvalue weighted by Crippen LogP contribution is 2.29. The molecule has 1 unspecified atom stereocenters. The van der Waals surface area contributed by atoms with Crippen LogP contribution in [0.25, 0.3) is 0 Å². The number of hydrogen-bond donors (Lipinski definition) is 1. The largest absolute Gasteiger partial charge is 0.476 e. The third-order valence-electron chi connectivity index (χ3n) is 3.23. The number of rotatable bonds is 7. The molecular weight excluding hydrogens is 284 g/mol. The van der Waals surface area contributed by atoms with Crippen molar-refractivity contribution in [3.05, 3.63) is 53.2 Å². The molecule has 1 N–H and O–H groups in total. The highest BCUT2D eigenvalue weighted by Gasteiger charge is 2.13. The van der Waals surface area contributed by atoms with Gasteiger partial charge in [0, 0.05) is 11.2 Å². The summed E-state index contributed by atoms with van der Waals surface area (Å²) in [6, 6.07) is 12.1. The van der Waals surface area contributed by atoms with Crippen molar-refractivity contribution in [3.63, 3.8) is 0 Å². The lowest BCUT2D eigenvalue weighted by Gasteiger charge is -2.21. The fraction of sp³-hybridized carbons (Fsp3) is 0.353. The normalized spacial score (nSPS) is 12.0. The van der Waals surface area contributed by atoms with Gasteiger partial charge in [0.2, 0.25) is 5.88 Å². The van der Waals surface area contributed by atoms with Gasteiger partial charge in [-0.3, -0.25) is 0 Å². The smallest absolute Gasteiger partial charge is 0.237 e. The molecule has 0 fully saturated rings. The zero-order chi connectivity index (χ0) is 15.1. The van der Waals surface area contributed by atoms with Crippen LogP contribution in [-0.4, -0.2) is 11.6 Å². The Labute approximate surface area is 131 Å². The summed E-state index contributed by atoms with van der Waals surface area (Å²) in [6.45, 7) is 4.74. The minimum Gasteiger partial charge on any atom is -0.476 e. The van der Waals surface area contributed by atoms with Gasteiger partial charge in [-0.15, -0.1) is 0 Å². The molecule has 0 spiro atoms. The number of nitrogens with zero attached hydrogens (tertiary/aromatic N) is 1. The number of ether oxygens (including phenoxy) is 1. The molecule has 0 amide bonds. The minimum absolute atomic E-state index is 0.218. The molecule has 0 radical (unpaired) electrons. The van der Waals surface area contributed by atoms with E-state index >= 15 is 0 Å². The summed E-state index contributed by atoms with van der Waals surface area (Å²) in [5, 5.41) is 4.29. The number of anilines is 1. The molecule has 0 aliphatic carbocycles. The molecule has 1 aromatic heterocycles. The second-order valence-corrected chi connectivity index (χ2v) is 5.26. The molecule has 112 valence electrons. The molecule has 2 rings (SSSR count). The zero-order valence-electron chi connectivity index (χ0n) is 12.5. The maximum absolute atomic E-state index is 5.97. The summed E-state index contributed by atoms with van der Waals surface area (Å²) in [4.78, 5) is 4.28. The van der Waals surface area contributed by atoms with Crippen molar-refractivity contribution in [1.29, 1.82) is 0 Å². The van der Waals surface area contributed by atoms with Crippen LogP contribution in [0.3, 0.4) is 0 Å². The van der Waals surface area contributed by atoms with Crippen molar-refractivity contribution in [2.24, 2.45) is 0 Å². The van der Waals surface area contributed by atoms with E-state index < -0.39 is 0 Å². The van der Waals surface area contributed by atoms with Crippen LogP contribution in [0.15, 0.2) is 42.6 Å². The molecule has 3 nitrogen and oxygen atoms in total. The summed E-state index contributed by atoms with van der Waals surface area (Å²) in [5.41, 5.74) is 2.14. The molecule has 1 atom stereocenters. The lowest BCUT2D eigenvalue weighted by molar-refractivity contribution is 0.328. The molecule has 1 aromatic carbocycles. The zero-order valence-corrected chi connectivity index (χ0v) is 13.2. The Balaban J connectivity index is 2.22. The van der Waals surface area contributed by atoms with Crippen molar-refractivity contribution < 1.29 is 4.74 Å². The van der Waals surface area contributed by atoms with Crippen LogP contribution in [0.2, 0.25) is 5.02 Å². The van der Waals surface area contributed by atoms with Crippen LogP contribution in [0, 0.1) is 0 Å². The second kappa shape index (κ2) is 7.89. The monoisotopic (exact) mass is 304 g/mol. The van der Waals surface area contributed by atoms with E-state index in [0.29, 0.717) is 12.5 Å². The molecule has 0 saturated carbocycles. The number of nitrogens with one attached hydrogen (secondary N) is 1. The van der Waals surface area contributed by atoms with Crippen molar-refractivity contribution in [1.82, 2.24) is 4.98 Å². The Morgan fingerprint density at radius 3 is 2.62 bits per heavy atom. The Kier molecular flexibility index (Phi) is 5.88. The van der Waals surface area contributed by atoms with E-state index in [-0.39, 0.29) is 6.04 Å². The standard InChI is InChI=1S/C17H21ClN2O/c1-3-6-15(13-8-10-14(18)11-9-13)20-16-7-5-12-19-17(16)21-4-2/h5,7-12,15,20H,3-4,6H2,1-2H3. The van der Waals surface area contributed by atoms with Gasteiger partial charge < -0.3 is 10.1 Å². The van der Waals surface area contributed by atoms with Gasteiger partial charge in [0.1, 0.15) is 0 Å². The maximum Gasteiger partial charge on any atom is 0.237 e. The van der Waals surface area contributed by atoms with Crippen LogP contribution in [0.4, 0.5) is 5.69 Å². The molecule has 0 saturated heterocycles. The Bertz CT molecular complexity index is 557. The Hall–Kier alpha value is -1.74. The van der Waals surface area contributed by atoms with Gasteiger partial charge in [-0.05, 0) is 43.2 Å². The van der Waals surface area contributed by atoms with Crippen molar-refractivity contribution in [3.8, 4) is 5.88 Å². The number of benzene rings is 1. The fourth-order valence-corrected chi connectivity index (χ4v) is 2.37. The summed E-state index contributed by atoms with van der Waals surface area (Å²) >= 11 is 5.97. The molecule has 2 aromatic rings. The summed E-state index contributed by atoms with van der Waals surface area (Å²) in [5.74, 6) is 0.648. The van der Waals surface area contributed by atoms with Crippen molar-refractivity contribution >= 4 is 17.3 Å². The topological polar surface area (TPSA) is 34.2 Å². The van der Waals surface area contributed by atoms with E-state index in [4.69, 9.17) is 16.3 Å². The van der Waals surface area contributed by atoms with E-state index in [1.54, 1.807) is 6.20 Å². The number of aromatic nitrogens is 1. The van der Waals surface area contributed by atoms with Gasteiger partial charge >= 0.3 is 0 Å². The molecule has 4 heteroatoms. The van der Waals surface area contributed by atoms with Crippen LogP contribution in [-0.2, 0) is 0 Å². The quantitative estimate of drug-likeness (QED) is 0.774. The van der Waals surface area contributed by atoms with Crippen LogP contribution in [0.1, 0.15) is 38.3 Å². The van der Waals surface area contributed by atoms with Gasteiger partial charge in [0.25, 0.3) is 0 Å². The maximum atomic E-state index is 5.97. The van der Waals surface area contributed by atoms with Gasteiger partial charge in [0.15, 0.2) is 0 Å². The van der Waals surface area contributed by atoms with Crippen LogP contribution >= 0.6 is 11.6 Å². The summed E-state index contributed by atoms with van der Waals surface area (Å²) < 4.78 is 5.58. The SMILES string of the molecule is CCCC(Nc1cccnc1OCC)c1ccc(Cl)cc1. The van der Waals surface area contributed by atoms with Gasteiger partial charge in [-0.25, -0.2) is 4.98 Å². The minimum atomic E-state index is 0.218. The molecule has 21 heavy (non-hydrogen) atoms. The number of halogens is 1. The Morgan fingerprint density at radius 1 is 1.19 bits per heavy atom. The third-order valence-corrected chi connectivity index (χ3v) is 3.48. The van der Waals surface area contributed by atoms with Crippen LogP contribution < -0.4 is 10.1 Å². The van der Waals surface area contributed by atoms with E-state index in [1.807, 2.05) is 31.2 Å². The molecule has 0 aliphatic heterocycles. The second-order valence-electron chi connectivity index (χ2n) is 4.83. The summed E-state index contributed by atoms with van der Waals surface area (Å²) in [7, 11) is 0. The molecule has 0 bridgehead atoms. The average molecular weight is 305 g/mol. The van der Waals surface area contributed by atoms with Crippen LogP contribution in [0.5, 0.6) is 5.88 Å². The summed E-state index contributed by atoms with van der Waals surface area (Å²) in [6.07, 6.45) is 3.86. The lowest BCUT2D eigenvalue weighted by atomic mass is 10.0. The predicted octanol–water partition coefficient (Wildman–Crippen LogP) is 5.09. The first-order valence-electron chi connectivity index (χ1n) is 7.34. The highest BCUT2D eigenvalue weighted by atomic mass is 35.5. The van der Waals surface area contributed by atoms with Crippen molar-refractivity contribution in [2.45, 2.75) is 32.7 Å². The molecule has 1 heterocycles. The Morgan fingerprint density at radius 2 is 1.95 bits per heavy atom. The van der Waals surface area contributed by atoms with Gasteiger partial charge in [-0.1, -0.05) is 37.1 Å². The van der Waals surface area contributed by atoms with E-state index in [0.717, 1.165) is 23.6 Å². The lowest BCUT2D eigenvalue weighted by Crippen LogP contribution is -2.12. The number of pyridine rings is 1. The van der Waals surface area contributed by atoms with Gasteiger partial charge in [0.05, 0.1) is 18.3 Å². The average Bonchev–Trinajstić information content (AvgIpc) is 2.50. The first-order valence-corrected chi connectivity index (χ1v) is 7.72. The highest BCUT2D eigenvalue weighted by molar-refractivity contribution is 6.30. The first-order chi connectivity index (χ1) is 10.2. The van der Waals surface area contributed by atoms with E-state index in [2.05, 4.69) is 29.4 Å². The molecule has 0 aliphatic rings. The molecular formula is C17H21ClN2O. The van der Waals surface area contributed by atoms with E-state index in [9.17, 15) is 0 Å². The van der Waals surface area contributed by atoms with Gasteiger partial charge in [-0.2, -0.15) is 0 Å². The third kappa shape index (κ3) is 4.36. The van der Waals surface area contributed by atoms with E-state index in [1.165, 1.54) is 5.56 Å². The predicted molar refractivity (Wildman–Crippen MR) is 88.1 cm³/mol. The number of hydrogen-bond acceptors (Lipinski definition) is 3.